The van der Waals surface area contributed by atoms with Gasteiger partial charge in [0.1, 0.15) is 0 Å². The van der Waals surface area contributed by atoms with Gasteiger partial charge in [0.15, 0.2) is 0 Å². The van der Waals surface area contributed by atoms with E-state index in [1.165, 1.54) is 0 Å². The number of rotatable bonds is 2. The zero-order valence-electron chi connectivity index (χ0n) is 11.0. The maximum Gasteiger partial charge on any atom is 0.226 e. The van der Waals surface area contributed by atoms with Crippen LogP contribution in [0, 0.1) is 11.8 Å². The monoisotopic (exact) mass is 280 g/mol. The molecule has 3 rings (SSSR count). The molecule has 0 radical (unpaired) electrons. The molecule has 4 heteroatoms. The minimum atomic E-state index is 0. The van der Waals surface area contributed by atoms with E-state index in [1.807, 2.05) is 30.3 Å². The fraction of sp³-hybridized carbons (Fsp3) is 0.533. The molecule has 2 atom stereocenters. The second kappa shape index (κ2) is 6.40. The summed E-state index contributed by atoms with van der Waals surface area (Å²) in [6.07, 6.45) is 1.71. The molecule has 0 aliphatic carbocycles. The van der Waals surface area contributed by atoms with Crippen LogP contribution in [0.2, 0.25) is 0 Å². The van der Waals surface area contributed by atoms with E-state index >= 15 is 0 Å². The van der Waals surface area contributed by atoms with Gasteiger partial charge in [-0.2, -0.15) is 0 Å². The number of nitrogens with zero attached hydrogens (tertiary/aromatic N) is 1. The van der Waals surface area contributed by atoms with E-state index in [0.717, 1.165) is 44.1 Å². The van der Waals surface area contributed by atoms with Crippen molar-refractivity contribution in [3.8, 4) is 0 Å². The van der Waals surface area contributed by atoms with Crippen molar-refractivity contribution >= 4 is 18.3 Å². The number of likely N-dealkylation sites (tertiary alicyclic amines) is 1. The highest BCUT2D eigenvalue weighted by Gasteiger charge is 2.34. The minimum Gasteiger partial charge on any atom is -0.342 e. The average molecular weight is 281 g/mol. The van der Waals surface area contributed by atoms with Crippen molar-refractivity contribution in [2.24, 2.45) is 11.8 Å². The van der Waals surface area contributed by atoms with Crippen LogP contribution in [-0.4, -0.2) is 37.0 Å². The fourth-order valence-electron chi connectivity index (χ4n) is 3.14. The molecular weight excluding hydrogens is 260 g/mol. The fourth-order valence-corrected chi connectivity index (χ4v) is 3.14. The van der Waals surface area contributed by atoms with Gasteiger partial charge >= 0.3 is 0 Å². The highest BCUT2D eigenvalue weighted by atomic mass is 35.5. The number of fused-ring (bicyclic) bond motifs is 1. The van der Waals surface area contributed by atoms with Crippen molar-refractivity contribution in [2.75, 3.05) is 26.2 Å². The molecule has 1 amide bonds. The maximum atomic E-state index is 12.3. The van der Waals surface area contributed by atoms with E-state index in [0.29, 0.717) is 12.3 Å². The van der Waals surface area contributed by atoms with Gasteiger partial charge in [0.25, 0.3) is 0 Å². The van der Waals surface area contributed by atoms with Crippen LogP contribution in [-0.2, 0) is 11.2 Å². The Morgan fingerprint density at radius 2 is 1.95 bits per heavy atom. The molecule has 0 saturated carbocycles. The Hall–Kier alpha value is -1.06. The number of carbonyl (C=O) groups excluding carboxylic acids is 1. The first-order valence-corrected chi connectivity index (χ1v) is 6.85. The molecule has 0 aromatic heterocycles. The summed E-state index contributed by atoms with van der Waals surface area (Å²) in [5.41, 5.74) is 1.12. The lowest BCUT2D eigenvalue weighted by molar-refractivity contribution is -0.132. The number of piperidine rings is 1. The summed E-state index contributed by atoms with van der Waals surface area (Å²) in [5, 5.41) is 3.44. The summed E-state index contributed by atoms with van der Waals surface area (Å²) in [6.45, 7) is 4.11. The largest absolute Gasteiger partial charge is 0.342 e. The van der Waals surface area contributed by atoms with Crippen LogP contribution < -0.4 is 5.32 Å². The summed E-state index contributed by atoms with van der Waals surface area (Å²) >= 11 is 0. The van der Waals surface area contributed by atoms with Crippen LogP contribution in [0.1, 0.15) is 12.0 Å². The van der Waals surface area contributed by atoms with Crippen molar-refractivity contribution < 1.29 is 4.79 Å². The Balaban J connectivity index is 0.00000133. The predicted molar refractivity (Wildman–Crippen MR) is 78.4 cm³/mol. The van der Waals surface area contributed by atoms with Gasteiger partial charge in [-0.05, 0) is 36.9 Å². The highest BCUT2D eigenvalue weighted by Crippen LogP contribution is 2.26. The Morgan fingerprint density at radius 1 is 1.21 bits per heavy atom. The second-order valence-electron chi connectivity index (χ2n) is 5.47. The summed E-state index contributed by atoms with van der Waals surface area (Å²) in [7, 11) is 0. The molecule has 1 aromatic rings. The van der Waals surface area contributed by atoms with E-state index in [-0.39, 0.29) is 18.3 Å². The second-order valence-corrected chi connectivity index (χ2v) is 5.47. The molecule has 2 aliphatic rings. The molecule has 2 unspecified atom stereocenters. The first-order valence-electron chi connectivity index (χ1n) is 6.85. The lowest BCUT2D eigenvalue weighted by Crippen LogP contribution is -2.44. The number of benzene rings is 1. The Morgan fingerprint density at radius 3 is 2.74 bits per heavy atom. The number of amides is 1. The third-order valence-corrected chi connectivity index (χ3v) is 4.26. The van der Waals surface area contributed by atoms with E-state index in [2.05, 4.69) is 10.2 Å². The topological polar surface area (TPSA) is 32.3 Å². The summed E-state index contributed by atoms with van der Waals surface area (Å²) in [5.74, 6) is 1.76. The third kappa shape index (κ3) is 3.28. The molecular formula is C15H21ClN2O. The minimum absolute atomic E-state index is 0. The van der Waals surface area contributed by atoms with Crippen molar-refractivity contribution in [3.05, 3.63) is 35.9 Å². The Bertz CT molecular complexity index is 423. The van der Waals surface area contributed by atoms with Crippen LogP contribution in [0.4, 0.5) is 0 Å². The standard InChI is InChI=1S/C15H20N2O.ClH/c18-15(8-12-4-2-1-3-5-12)17-7-6-13-9-16-10-14(13)11-17;/h1-5,13-14,16H,6-11H2;1H. The van der Waals surface area contributed by atoms with Crippen molar-refractivity contribution in [1.29, 1.82) is 0 Å². The van der Waals surface area contributed by atoms with Crippen molar-refractivity contribution in [3.63, 3.8) is 0 Å². The Kier molecular flexibility index (Phi) is 4.83. The molecule has 2 fully saturated rings. The third-order valence-electron chi connectivity index (χ3n) is 4.26. The molecule has 1 N–H and O–H groups in total. The number of nitrogens with one attached hydrogen (secondary N) is 1. The van der Waals surface area contributed by atoms with Gasteiger partial charge in [0.2, 0.25) is 5.91 Å². The molecule has 2 saturated heterocycles. The van der Waals surface area contributed by atoms with Gasteiger partial charge in [-0.25, -0.2) is 0 Å². The normalized spacial score (nSPS) is 25.6. The Labute approximate surface area is 120 Å². The smallest absolute Gasteiger partial charge is 0.226 e. The number of carbonyl (C=O) groups is 1. The first-order chi connectivity index (χ1) is 8.83. The molecule has 0 bridgehead atoms. The van der Waals surface area contributed by atoms with Gasteiger partial charge in [0.05, 0.1) is 6.42 Å². The summed E-state index contributed by atoms with van der Waals surface area (Å²) in [6, 6.07) is 10.0. The molecule has 0 spiro atoms. The highest BCUT2D eigenvalue weighted by molar-refractivity contribution is 5.85. The molecule has 19 heavy (non-hydrogen) atoms. The van der Waals surface area contributed by atoms with Gasteiger partial charge in [0, 0.05) is 13.1 Å². The maximum absolute atomic E-state index is 12.3. The average Bonchev–Trinajstić information content (AvgIpc) is 2.87. The van der Waals surface area contributed by atoms with Gasteiger partial charge in [-0.1, -0.05) is 30.3 Å². The number of hydrogen-bond donors (Lipinski definition) is 1. The number of hydrogen-bond acceptors (Lipinski definition) is 2. The summed E-state index contributed by atoms with van der Waals surface area (Å²) in [4.78, 5) is 14.3. The molecule has 2 aliphatic heterocycles. The molecule has 104 valence electrons. The van der Waals surface area contributed by atoms with Crippen LogP contribution >= 0.6 is 12.4 Å². The molecule has 1 aromatic carbocycles. The van der Waals surface area contributed by atoms with Crippen LogP contribution in [0.25, 0.3) is 0 Å². The van der Waals surface area contributed by atoms with Gasteiger partial charge in [-0.3, -0.25) is 4.79 Å². The molecule has 3 nitrogen and oxygen atoms in total. The lowest BCUT2D eigenvalue weighted by Gasteiger charge is -2.34. The predicted octanol–water partition coefficient (Wildman–Crippen LogP) is 1.72. The first kappa shape index (κ1) is 14.4. The van der Waals surface area contributed by atoms with E-state index in [1.54, 1.807) is 0 Å². The zero-order valence-corrected chi connectivity index (χ0v) is 11.9. The van der Waals surface area contributed by atoms with Gasteiger partial charge in [-0.15, -0.1) is 12.4 Å². The van der Waals surface area contributed by atoms with Crippen molar-refractivity contribution in [2.45, 2.75) is 12.8 Å². The number of halogens is 1. The van der Waals surface area contributed by atoms with Crippen molar-refractivity contribution in [1.82, 2.24) is 10.2 Å². The van der Waals surface area contributed by atoms with Crippen LogP contribution in [0.15, 0.2) is 30.3 Å². The van der Waals surface area contributed by atoms with Crippen LogP contribution in [0.3, 0.4) is 0 Å². The SMILES string of the molecule is Cl.O=C(Cc1ccccc1)N1CCC2CNCC2C1. The zero-order chi connectivity index (χ0) is 12.4. The quantitative estimate of drug-likeness (QED) is 0.895. The molecule has 2 heterocycles. The van der Waals surface area contributed by atoms with Gasteiger partial charge < -0.3 is 10.2 Å². The van der Waals surface area contributed by atoms with E-state index < -0.39 is 0 Å². The summed E-state index contributed by atoms with van der Waals surface area (Å²) < 4.78 is 0. The van der Waals surface area contributed by atoms with E-state index in [9.17, 15) is 4.79 Å². The van der Waals surface area contributed by atoms with E-state index in [4.69, 9.17) is 0 Å². The van der Waals surface area contributed by atoms with Crippen LogP contribution in [0.5, 0.6) is 0 Å². The lowest BCUT2D eigenvalue weighted by atomic mass is 9.88.